The van der Waals surface area contributed by atoms with Crippen LogP contribution in [0.5, 0.6) is 17.2 Å². The number of carbonyl (C=O) groups is 4. The molecule has 2 amide bonds. The predicted molar refractivity (Wildman–Crippen MR) is 197 cm³/mol. The summed E-state index contributed by atoms with van der Waals surface area (Å²) < 4.78 is 22.5. The van der Waals surface area contributed by atoms with Crippen molar-refractivity contribution >= 4 is 40.4 Å². The number of aryl methyl sites for hydroxylation is 1. The number of hydrogen-bond donors (Lipinski definition) is 3. The molecular formula is C41H42N2O9. The van der Waals surface area contributed by atoms with E-state index >= 15 is 0 Å². The van der Waals surface area contributed by atoms with Crippen LogP contribution in [0, 0.1) is 6.92 Å². The van der Waals surface area contributed by atoms with Gasteiger partial charge in [0.05, 0.1) is 19.3 Å². The number of hydrogen-bond acceptors (Lipinski definition) is 8. The van der Waals surface area contributed by atoms with Crippen molar-refractivity contribution in [1.29, 1.82) is 0 Å². The second-order valence-corrected chi connectivity index (χ2v) is 12.3. The number of rotatable bonds is 17. The number of methoxy groups -OCH3 is 1. The molecule has 0 saturated heterocycles. The Balaban J connectivity index is 1.18. The lowest BCUT2D eigenvalue weighted by molar-refractivity contribution is -0.139. The fraction of sp³-hybridized carbons (Fsp3) is 0.268. The van der Waals surface area contributed by atoms with Gasteiger partial charge in [0, 0.05) is 28.6 Å². The van der Waals surface area contributed by atoms with E-state index in [-0.39, 0.29) is 29.2 Å². The van der Waals surface area contributed by atoms with Gasteiger partial charge in [-0.05, 0) is 79.6 Å². The smallest absolute Gasteiger partial charge is 0.343 e. The topological polar surface area (TPSA) is 153 Å². The molecule has 0 aliphatic heterocycles. The molecule has 0 bridgehead atoms. The third kappa shape index (κ3) is 9.57. The molecule has 1 unspecified atom stereocenters. The fourth-order valence-corrected chi connectivity index (χ4v) is 5.66. The second kappa shape index (κ2) is 17.7. The van der Waals surface area contributed by atoms with Gasteiger partial charge >= 0.3 is 11.9 Å². The van der Waals surface area contributed by atoms with Gasteiger partial charge in [0.15, 0.2) is 17.3 Å². The maximum Gasteiger partial charge on any atom is 0.343 e. The second-order valence-electron chi connectivity index (χ2n) is 12.3. The number of furan rings is 1. The number of ether oxygens (including phenoxy) is 3. The first kappa shape index (κ1) is 37.2. The highest BCUT2D eigenvalue weighted by molar-refractivity contribution is 6.07. The van der Waals surface area contributed by atoms with Crippen molar-refractivity contribution in [3.63, 3.8) is 0 Å². The number of unbranched alkanes of at least 4 members (excludes halogenated alkanes) is 4. The molecule has 0 saturated carbocycles. The zero-order chi connectivity index (χ0) is 37.0. The molecule has 1 aromatic heterocycles. The molecular weight excluding hydrogens is 664 g/mol. The zero-order valence-corrected chi connectivity index (χ0v) is 29.4. The molecule has 0 radical (unpaired) electrons. The van der Waals surface area contributed by atoms with E-state index in [1.54, 1.807) is 61.5 Å². The average Bonchev–Trinajstić information content (AvgIpc) is 3.49. The normalized spacial score (nSPS) is 11.4. The summed E-state index contributed by atoms with van der Waals surface area (Å²) in [6.07, 6.45) is 5.60. The number of carboxylic acids is 1. The van der Waals surface area contributed by atoms with E-state index in [1.807, 2.05) is 18.2 Å². The SMILES string of the molecule is CCCCCCCOc1ccc(C(=O)Oc2ccc(CC(NC(=O)c3cccc(NC(=O)c4oc5ccccc5c4C)c3)C(=O)O)cc2OC)cc1. The number of nitrogens with one attached hydrogen (secondary N) is 2. The molecule has 0 aliphatic rings. The molecule has 5 rings (SSSR count). The molecule has 52 heavy (non-hydrogen) atoms. The number of carbonyl (C=O) groups excluding carboxylic acids is 3. The standard InChI is InChI=1S/C41H42N2O9/c1-4-5-6-7-10-22-50-31-19-17-28(18-20-31)41(48)52-35-21-16-27(24-36(35)49-3)23-33(40(46)47)43-38(44)29-12-11-13-30(25-29)42-39(45)37-26(2)32-14-8-9-15-34(32)51-37/h8-9,11-21,24-25,33H,4-7,10,22-23H2,1-3H3,(H,42,45)(H,43,44)(H,46,47). The van der Waals surface area contributed by atoms with E-state index in [9.17, 15) is 24.3 Å². The molecule has 0 aliphatic carbocycles. The van der Waals surface area contributed by atoms with E-state index in [2.05, 4.69) is 17.6 Å². The minimum atomic E-state index is -1.31. The highest BCUT2D eigenvalue weighted by atomic mass is 16.6. The van der Waals surface area contributed by atoms with E-state index in [1.165, 1.54) is 44.6 Å². The molecule has 4 aromatic carbocycles. The first-order valence-corrected chi connectivity index (χ1v) is 17.2. The summed E-state index contributed by atoms with van der Waals surface area (Å²) in [6, 6.07) is 23.5. The first-order valence-electron chi connectivity index (χ1n) is 17.2. The minimum absolute atomic E-state index is 0.0898. The van der Waals surface area contributed by atoms with Gasteiger partial charge in [0.1, 0.15) is 17.4 Å². The van der Waals surface area contributed by atoms with Gasteiger partial charge in [-0.2, -0.15) is 0 Å². The number of carboxylic acid groups (broad SMARTS) is 1. The quantitative estimate of drug-likeness (QED) is 0.0496. The number of fused-ring (bicyclic) bond motifs is 1. The van der Waals surface area contributed by atoms with Gasteiger partial charge in [0.2, 0.25) is 0 Å². The van der Waals surface area contributed by atoms with E-state index in [4.69, 9.17) is 18.6 Å². The third-order valence-corrected chi connectivity index (χ3v) is 8.51. The Morgan fingerprint density at radius 1 is 0.808 bits per heavy atom. The lowest BCUT2D eigenvalue weighted by atomic mass is 10.0. The van der Waals surface area contributed by atoms with Crippen molar-refractivity contribution in [2.75, 3.05) is 19.0 Å². The van der Waals surface area contributed by atoms with Crippen LogP contribution < -0.4 is 24.8 Å². The minimum Gasteiger partial charge on any atom is -0.494 e. The summed E-state index contributed by atoms with van der Waals surface area (Å²) in [5, 5.41) is 16.1. The number of para-hydroxylation sites is 1. The van der Waals surface area contributed by atoms with Crippen LogP contribution in [0.4, 0.5) is 5.69 Å². The summed E-state index contributed by atoms with van der Waals surface area (Å²) in [5.74, 6) is -1.80. The Morgan fingerprint density at radius 3 is 2.31 bits per heavy atom. The molecule has 3 N–H and O–H groups in total. The van der Waals surface area contributed by atoms with Gasteiger partial charge in [-0.25, -0.2) is 9.59 Å². The van der Waals surface area contributed by atoms with Crippen LogP contribution >= 0.6 is 0 Å². The number of esters is 1. The van der Waals surface area contributed by atoms with Crippen molar-refractivity contribution in [2.24, 2.45) is 0 Å². The van der Waals surface area contributed by atoms with Gasteiger partial charge in [-0.15, -0.1) is 0 Å². The Morgan fingerprint density at radius 2 is 1.58 bits per heavy atom. The molecule has 270 valence electrons. The molecule has 11 heteroatoms. The average molecular weight is 707 g/mol. The maximum atomic E-state index is 13.2. The summed E-state index contributed by atoms with van der Waals surface area (Å²) in [6.45, 7) is 4.58. The molecule has 5 aromatic rings. The van der Waals surface area contributed by atoms with Crippen LogP contribution in [-0.2, 0) is 11.2 Å². The summed E-state index contributed by atoms with van der Waals surface area (Å²) in [7, 11) is 1.41. The summed E-state index contributed by atoms with van der Waals surface area (Å²) in [5.41, 5.74) is 2.59. The number of aliphatic carboxylic acids is 1. The van der Waals surface area contributed by atoms with Crippen LogP contribution in [0.25, 0.3) is 11.0 Å². The van der Waals surface area contributed by atoms with Crippen molar-refractivity contribution in [3.05, 3.63) is 119 Å². The van der Waals surface area contributed by atoms with Gasteiger partial charge in [0.25, 0.3) is 11.8 Å². The molecule has 0 spiro atoms. The highest BCUT2D eigenvalue weighted by Gasteiger charge is 2.23. The number of benzene rings is 4. The summed E-state index contributed by atoms with van der Waals surface area (Å²) in [4.78, 5) is 51.3. The number of amides is 2. The highest BCUT2D eigenvalue weighted by Crippen LogP contribution is 2.30. The van der Waals surface area contributed by atoms with Crippen LogP contribution in [0.1, 0.15) is 81.4 Å². The Kier molecular flexibility index (Phi) is 12.7. The zero-order valence-electron chi connectivity index (χ0n) is 29.4. The van der Waals surface area contributed by atoms with Crippen molar-refractivity contribution in [3.8, 4) is 17.2 Å². The van der Waals surface area contributed by atoms with Crippen molar-refractivity contribution in [2.45, 2.75) is 58.4 Å². The Labute approximate surface area is 301 Å². The van der Waals surface area contributed by atoms with E-state index < -0.39 is 29.8 Å². The first-order chi connectivity index (χ1) is 25.2. The summed E-state index contributed by atoms with van der Waals surface area (Å²) >= 11 is 0. The number of anilines is 1. The van der Waals surface area contributed by atoms with E-state index in [0.717, 1.165) is 18.2 Å². The van der Waals surface area contributed by atoms with Crippen molar-refractivity contribution in [1.82, 2.24) is 5.32 Å². The third-order valence-electron chi connectivity index (χ3n) is 8.51. The maximum absolute atomic E-state index is 13.2. The lowest BCUT2D eigenvalue weighted by Crippen LogP contribution is -2.42. The van der Waals surface area contributed by atoms with Gasteiger partial charge in [-0.1, -0.05) is 62.9 Å². The van der Waals surface area contributed by atoms with Gasteiger partial charge in [-0.3, -0.25) is 9.59 Å². The predicted octanol–water partition coefficient (Wildman–Crippen LogP) is 8.00. The molecule has 1 atom stereocenters. The van der Waals surface area contributed by atoms with Crippen LogP contribution in [0.15, 0.2) is 95.4 Å². The molecule has 0 fully saturated rings. The Bertz CT molecular complexity index is 2030. The Hall–Kier alpha value is -6.10. The monoisotopic (exact) mass is 706 g/mol. The van der Waals surface area contributed by atoms with Crippen LogP contribution in [0.2, 0.25) is 0 Å². The largest absolute Gasteiger partial charge is 0.494 e. The van der Waals surface area contributed by atoms with Crippen LogP contribution in [0.3, 0.4) is 0 Å². The molecule has 1 heterocycles. The van der Waals surface area contributed by atoms with Gasteiger partial charge < -0.3 is 34.4 Å². The van der Waals surface area contributed by atoms with Crippen molar-refractivity contribution < 1.29 is 42.9 Å². The van der Waals surface area contributed by atoms with Crippen LogP contribution in [-0.4, -0.2) is 48.6 Å². The molecule has 11 nitrogen and oxygen atoms in total. The van der Waals surface area contributed by atoms with E-state index in [0.29, 0.717) is 40.3 Å². The lowest BCUT2D eigenvalue weighted by Gasteiger charge is -2.16. The fourth-order valence-electron chi connectivity index (χ4n) is 5.66.